The van der Waals surface area contributed by atoms with Gasteiger partial charge >= 0.3 is 0 Å². The van der Waals surface area contributed by atoms with Gasteiger partial charge in [0.1, 0.15) is 0 Å². The van der Waals surface area contributed by atoms with Gasteiger partial charge in [0, 0.05) is 17.4 Å². The summed E-state index contributed by atoms with van der Waals surface area (Å²) in [6.07, 6.45) is 1.17. The third kappa shape index (κ3) is 3.59. The third-order valence-corrected chi connectivity index (χ3v) is 3.36. The van der Waals surface area contributed by atoms with Crippen molar-refractivity contribution in [2.75, 3.05) is 0 Å². The van der Waals surface area contributed by atoms with Crippen LogP contribution in [0, 0.1) is 11.3 Å². The quantitative estimate of drug-likeness (QED) is 0.618. The van der Waals surface area contributed by atoms with Crippen LogP contribution in [0.3, 0.4) is 0 Å². The Morgan fingerprint density at radius 1 is 1.10 bits per heavy atom. The molecule has 3 heteroatoms. The van der Waals surface area contributed by atoms with E-state index in [9.17, 15) is 4.79 Å². The fourth-order valence-corrected chi connectivity index (χ4v) is 2.05. The van der Waals surface area contributed by atoms with Gasteiger partial charge < -0.3 is 0 Å². The summed E-state index contributed by atoms with van der Waals surface area (Å²) in [4.78, 5) is 12.0. The minimum atomic E-state index is 0.0911. The van der Waals surface area contributed by atoms with Crippen LogP contribution in [0.4, 0.5) is 0 Å². The van der Waals surface area contributed by atoms with E-state index in [0.717, 1.165) is 11.1 Å². The molecule has 2 aromatic carbocycles. The monoisotopic (exact) mass is 279 g/mol. The van der Waals surface area contributed by atoms with E-state index in [1.54, 1.807) is 29.6 Å². The SMILES string of the molecule is N#Cc1ccc(C(=O)CCc2ccc(C=S)cc2)cc1. The van der Waals surface area contributed by atoms with Gasteiger partial charge in [0.05, 0.1) is 11.6 Å². The van der Waals surface area contributed by atoms with Crippen LogP contribution in [0.2, 0.25) is 0 Å². The van der Waals surface area contributed by atoms with E-state index in [1.165, 1.54) is 0 Å². The molecule has 2 rings (SSSR count). The lowest BCUT2D eigenvalue weighted by molar-refractivity contribution is 0.0983. The van der Waals surface area contributed by atoms with Gasteiger partial charge in [0.25, 0.3) is 0 Å². The van der Waals surface area contributed by atoms with Crippen LogP contribution in [0.25, 0.3) is 0 Å². The number of carbonyl (C=O) groups excluding carboxylic acids is 1. The molecule has 98 valence electrons. The molecule has 0 aliphatic heterocycles. The molecule has 0 saturated carbocycles. The lowest BCUT2D eigenvalue weighted by Gasteiger charge is -2.02. The largest absolute Gasteiger partial charge is 0.294 e. The summed E-state index contributed by atoms with van der Waals surface area (Å²) in [6.45, 7) is 0. The highest BCUT2D eigenvalue weighted by Gasteiger charge is 2.06. The van der Waals surface area contributed by atoms with Crippen molar-refractivity contribution in [1.29, 1.82) is 5.26 Å². The van der Waals surface area contributed by atoms with Crippen molar-refractivity contribution in [1.82, 2.24) is 0 Å². The van der Waals surface area contributed by atoms with Crippen LogP contribution in [0.1, 0.15) is 33.5 Å². The number of nitriles is 1. The minimum absolute atomic E-state index is 0.0911. The second-order valence-electron chi connectivity index (χ2n) is 4.47. The van der Waals surface area contributed by atoms with E-state index in [-0.39, 0.29) is 5.78 Å². The minimum Gasteiger partial charge on any atom is -0.294 e. The maximum atomic E-state index is 12.0. The van der Waals surface area contributed by atoms with Gasteiger partial charge in [-0.05, 0) is 29.7 Å². The Kier molecular flexibility index (Phi) is 4.75. The molecule has 0 aliphatic carbocycles. The molecule has 0 heterocycles. The lowest BCUT2D eigenvalue weighted by Crippen LogP contribution is -2.01. The molecule has 0 amide bonds. The van der Waals surface area contributed by atoms with Crippen LogP contribution >= 0.6 is 12.2 Å². The summed E-state index contributed by atoms with van der Waals surface area (Å²) in [6, 6.07) is 16.7. The fourth-order valence-electron chi connectivity index (χ4n) is 1.90. The summed E-state index contributed by atoms with van der Waals surface area (Å²) in [5.41, 5.74) is 3.34. The van der Waals surface area contributed by atoms with E-state index < -0.39 is 0 Å². The standard InChI is InChI=1S/C17H13NOS/c18-11-14-5-8-16(9-6-14)17(19)10-7-13-1-3-15(12-20)4-2-13/h1-6,8-9,12H,7,10H2. The number of aryl methyl sites for hydroxylation is 1. The van der Waals surface area contributed by atoms with E-state index in [2.05, 4.69) is 0 Å². The number of hydrogen-bond acceptors (Lipinski definition) is 3. The van der Waals surface area contributed by atoms with E-state index in [4.69, 9.17) is 17.5 Å². The van der Waals surface area contributed by atoms with Gasteiger partial charge in [0.2, 0.25) is 0 Å². The van der Waals surface area contributed by atoms with Gasteiger partial charge in [-0.2, -0.15) is 5.26 Å². The van der Waals surface area contributed by atoms with Crippen molar-refractivity contribution in [2.24, 2.45) is 0 Å². The molecule has 0 aromatic heterocycles. The van der Waals surface area contributed by atoms with Gasteiger partial charge in [-0.25, -0.2) is 0 Å². The number of benzene rings is 2. The van der Waals surface area contributed by atoms with Crippen molar-refractivity contribution in [2.45, 2.75) is 12.8 Å². The molecule has 0 aliphatic rings. The molecule has 0 unspecified atom stereocenters. The normalized spacial score (nSPS) is 9.75. The molecular formula is C17H13NOS. The number of carbonyl (C=O) groups is 1. The Bertz CT molecular complexity index is 651. The molecule has 0 spiro atoms. The van der Waals surface area contributed by atoms with Crippen molar-refractivity contribution >= 4 is 23.4 Å². The average Bonchev–Trinajstić information content (AvgIpc) is 2.53. The highest BCUT2D eigenvalue weighted by molar-refractivity contribution is 7.79. The second kappa shape index (κ2) is 6.74. The zero-order chi connectivity index (χ0) is 14.4. The number of nitrogens with zero attached hydrogens (tertiary/aromatic N) is 1. The van der Waals surface area contributed by atoms with Crippen LogP contribution in [0.15, 0.2) is 48.5 Å². The van der Waals surface area contributed by atoms with Gasteiger partial charge in [-0.15, -0.1) is 0 Å². The van der Waals surface area contributed by atoms with Crippen molar-refractivity contribution < 1.29 is 4.79 Å². The maximum absolute atomic E-state index is 12.0. The van der Waals surface area contributed by atoms with Crippen molar-refractivity contribution in [3.63, 3.8) is 0 Å². The predicted octanol–water partition coefficient (Wildman–Crippen LogP) is 3.72. The first-order chi connectivity index (χ1) is 9.72. The van der Waals surface area contributed by atoms with Gasteiger partial charge in [0.15, 0.2) is 5.78 Å². The number of Topliss-reactive ketones (excluding diaryl/α,β-unsaturated/α-hetero) is 1. The molecule has 0 N–H and O–H groups in total. The Balaban J connectivity index is 1.97. The van der Waals surface area contributed by atoms with Crippen LogP contribution in [-0.4, -0.2) is 11.2 Å². The fraction of sp³-hybridized carbons (Fsp3) is 0.118. The first-order valence-corrected chi connectivity index (χ1v) is 6.77. The molecule has 0 saturated heterocycles. The van der Waals surface area contributed by atoms with Gasteiger partial charge in [-0.1, -0.05) is 48.6 Å². The number of ketones is 1. The summed E-state index contributed by atoms with van der Waals surface area (Å²) in [5, 5.41) is 10.3. The van der Waals surface area contributed by atoms with E-state index in [1.807, 2.05) is 30.3 Å². The summed E-state index contributed by atoms with van der Waals surface area (Å²) < 4.78 is 0. The Morgan fingerprint density at radius 3 is 2.30 bits per heavy atom. The Labute approximate surface area is 123 Å². The lowest BCUT2D eigenvalue weighted by atomic mass is 10.0. The predicted molar refractivity (Wildman–Crippen MR) is 83.0 cm³/mol. The maximum Gasteiger partial charge on any atom is 0.163 e. The third-order valence-electron chi connectivity index (χ3n) is 3.09. The van der Waals surface area contributed by atoms with E-state index in [0.29, 0.717) is 24.0 Å². The highest BCUT2D eigenvalue weighted by atomic mass is 32.1. The van der Waals surface area contributed by atoms with Gasteiger partial charge in [-0.3, -0.25) is 4.79 Å². The zero-order valence-electron chi connectivity index (χ0n) is 10.9. The molecule has 0 radical (unpaired) electrons. The smallest absolute Gasteiger partial charge is 0.163 e. The molecule has 2 nitrogen and oxygen atoms in total. The summed E-state index contributed by atoms with van der Waals surface area (Å²) >= 11 is 4.85. The molecule has 0 bridgehead atoms. The van der Waals surface area contributed by atoms with Crippen LogP contribution in [0.5, 0.6) is 0 Å². The topological polar surface area (TPSA) is 40.9 Å². The van der Waals surface area contributed by atoms with Crippen LogP contribution < -0.4 is 0 Å². The second-order valence-corrected chi connectivity index (χ2v) is 4.71. The molecule has 2 aromatic rings. The highest BCUT2D eigenvalue weighted by Crippen LogP contribution is 2.10. The zero-order valence-corrected chi connectivity index (χ0v) is 11.7. The van der Waals surface area contributed by atoms with Crippen LogP contribution in [-0.2, 0) is 6.42 Å². The Morgan fingerprint density at radius 2 is 1.75 bits per heavy atom. The van der Waals surface area contributed by atoms with Crippen molar-refractivity contribution in [3.8, 4) is 6.07 Å². The molecular weight excluding hydrogens is 266 g/mol. The number of rotatable bonds is 5. The molecule has 20 heavy (non-hydrogen) atoms. The first-order valence-electron chi connectivity index (χ1n) is 6.30. The number of thiocarbonyl (C=S) groups is 1. The average molecular weight is 279 g/mol. The molecule has 0 atom stereocenters. The first kappa shape index (κ1) is 14.1. The summed E-state index contributed by atoms with van der Waals surface area (Å²) in [5.74, 6) is 0.0911. The van der Waals surface area contributed by atoms with E-state index >= 15 is 0 Å². The summed E-state index contributed by atoms with van der Waals surface area (Å²) in [7, 11) is 0. The molecule has 0 fully saturated rings. The van der Waals surface area contributed by atoms with Crippen molar-refractivity contribution in [3.05, 3.63) is 70.8 Å². The number of hydrogen-bond donors (Lipinski definition) is 0. The Hall–Kier alpha value is -2.31.